The molecule has 0 spiro atoms. The largest absolute Gasteiger partial charge is 0.347 e. The van der Waals surface area contributed by atoms with E-state index in [1.807, 2.05) is 66.7 Å². The van der Waals surface area contributed by atoms with Gasteiger partial charge >= 0.3 is 0 Å². The van der Waals surface area contributed by atoms with Gasteiger partial charge in [0.15, 0.2) is 0 Å². The number of carbonyl (C=O) groups is 4. The number of hydrogen-bond donors (Lipinski definition) is 4. The molecule has 9 nitrogen and oxygen atoms in total. The van der Waals surface area contributed by atoms with E-state index >= 15 is 0 Å². The molecule has 3 aromatic rings. The molecule has 2 aliphatic rings. The van der Waals surface area contributed by atoms with E-state index in [4.69, 9.17) is 0 Å². The maximum absolute atomic E-state index is 14.5. The lowest BCUT2D eigenvalue weighted by atomic mass is 9.83. The van der Waals surface area contributed by atoms with Gasteiger partial charge < -0.3 is 26.2 Å². The van der Waals surface area contributed by atoms with Crippen LogP contribution in [0.3, 0.4) is 0 Å². The lowest BCUT2D eigenvalue weighted by molar-refractivity contribution is -0.143. The van der Waals surface area contributed by atoms with Crippen LogP contribution in [0, 0.1) is 5.92 Å². The Morgan fingerprint density at radius 3 is 1.89 bits per heavy atom. The fourth-order valence-electron chi connectivity index (χ4n) is 6.62. The summed E-state index contributed by atoms with van der Waals surface area (Å²) < 4.78 is 0. The number of amides is 4. The Balaban J connectivity index is 1.44. The Morgan fingerprint density at radius 1 is 0.761 bits per heavy atom. The monoisotopic (exact) mass is 623 g/mol. The zero-order chi connectivity index (χ0) is 32.5. The van der Waals surface area contributed by atoms with Gasteiger partial charge in [-0.1, -0.05) is 98.1 Å². The van der Waals surface area contributed by atoms with Gasteiger partial charge in [-0.15, -0.1) is 0 Å². The van der Waals surface area contributed by atoms with E-state index in [-0.39, 0.29) is 42.5 Å². The molecule has 3 aromatic carbocycles. The Morgan fingerprint density at radius 2 is 1.33 bits per heavy atom. The minimum Gasteiger partial charge on any atom is -0.347 e. The molecule has 4 atom stereocenters. The standard InChI is InChI=1S/C37H45N5O4/c1-25(38-2)34(43)41-33(28-19-11-5-12-20-28)37(46)42-24-30(39-35(44)29-21-13-6-14-22-29)23-31(42)36(45)40-32(26-15-7-3-8-16-26)27-17-9-4-10-18-27/h3-4,6-10,13-18,21-22,25,28,30-33,38H,5,11-12,19-20,23-24H2,1-2H3,(H,39,44)(H,40,45)(H,41,43)/t25-,30-,31-,33-/m0/s1. The van der Waals surface area contributed by atoms with Crippen LogP contribution in [0.4, 0.5) is 0 Å². The molecule has 46 heavy (non-hydrogen) atoms. The number of carbonyl (C=O) groups excluding carboxylic acids is 4. The van der Waals surface area contributed by atoms with Crippen LogP contribution in [0.5, 0.6) is 0 Å². The van der Waals surface area contributed by atoms with Crippen molar-refractivity contribution in [2.75, 3.05) is 13.6 Å². The fourth-order valence-corrected chi connectivity index (χ4v) is 6.62. The second-order valence-electron chi connectivity index (χ2n) is 12.4. The molecule has 242 valence electrons. The van der Waals surface area contributed by atoms with Gasteiger partial charge in [0.05, 0.1) is 12.1 Å². The molecule has 9 heteroatoms. The summed E-state index contributed by atoms with van der Waals surface area (Å²) in [5.74, 6) is -1.13. The molecule has 0 unspecified atom stereocenters. The summed E-state index contributed by atoms with van der Waals surface area (Å²) in [6.07, 6.45) is 4.98. The van der Waals surface area contributed by atoms with Gasteiger partial charge in [-0.05, 0) is 62.4 Å². The molecule has 0 radical (unpaired) electrons. The molecule has 4 N–H and O–H groups in total. The Hall–Kier alpha value is -4.50. The first-order chi connectivity index (χ1) is 22.4. The summed E-state index contributed by atoms with van der Waals surface area (Å²) >= 11 is 0. The number of nitrogens with zero attached hydrogens (tertiary/aromatic N) is 1. The van der Waals surface area contributed by atoms with Crippen molar-refractivity contribution in [1.82, 2.24) is 26.2 Å². The van der Waals surface area contributed by atoms with Crippen molar-refractivity contribution in [1.29, 1.82) is 0 Å². The topological polar surface area (TPSA) is 120 Å². The Bertz CT molecular complexity index is 1420. The molecule has 0 bridgehead atoms. The van der Waals surface area contributed by atoms with Crippen LogP contribution in [0.2, 0.25) is 0 Å². The second-order valence-corrected chi connectivity index (χ2v) is 12.4. The zero-order valence-electron chi connectivity index (χ0n) is 26.7. The van der Waals surface area contributed by atoms with E-state index in [9.17, 15) is 19.2 Å². The van der Waals surface area contributed by atoms with Gasteiger partial charge in [0.1, 0.15) is 12.1 Å². The molecule has 4 amide bonds. The highest BCUT2D eigenvalue weighted by Gasteiger charge is 2.45. The molecule has 1 saturated carbocycles. The summed E-state index contributed by atoms with van der Waals surface area (Å²) in [6.45, 7) is 1.92. The van der Waals surface area contributed by atoms with E-state index in [1.165, 1.54) is 0 Å². The number of rotatable bonds is 11. The summed E-state index contributed by atoms with van der Waals surface area (Å²) in [7, 11) is 1.71. The van der Waals surface area contributed by atoms with Crippen LogP contribution in [0.25, 0.3) is 0 Å². The van der Waals surface area contributed by atoms with Gasteiger partial charge in [-0.25, -0.2) is 0 Å². The summed E-state index contributed by atoms with van der Waals surface area (Å²) in [5.41, 5.74) is 2.34. The lowest BCUT2D eigenvalue weighted by Gasteiger charge is -2.35. The third-order valence-corrected chi connectivity index (χ3v) is 9.32. The highest BCUT2D eigenvalue weighted by molar-refractivity contribution is 5.96. The molecule has 2 fully saturated rings. The van der Waals surface area contributed by atoms with E-state index in [0.717, 1.165) is 43.2 Å². The molecule has 0 aromatic heterocycles. The Labute approximate surface area is 271 Å². The summed E-state index contributed by atoms with van der Waals surface area (Å²) in [5, 5.41) is 12.3. The van der Waals surface area contributed by atoms with Crippen molar-refractivity contribution in [2.24, 2.45) is 5.92 Å². The van der Waals surface area contributed by atoms with Gasteiger partial charge in [0, 0.05) is 18.2 Å². The number of likely N-dealkylation sites (N-methyl/N-ethyl adjacent to an activating group) is 1. The third kappa shape index (κ3) is 8.01. The van der Waals surface area contributed by atoms with Crippen molar-refractivity contribution in [3.05, 3.63) is 108 Å². The van der Waals surface area contributed by atoms with Gasteiger partial charge in [-0.2, -0.15) is 0 Å². The predicted octanol–water partition coefficient (Wildman–Crippen LogP) is 3.96. The first-order valence-electron chi connectivity index (χ1n) is 16.4. The van der Waals surface area contributed by atoms with Crippen LogP contribution in [-0.2, 0) is 14.4 Å². The fraction of sp³-hybridized carbons (Fsp3) is 0.405. The Kier molecular flexibility index (Phi) is 11.2. The van der Waals surface area contributed by atoms with Crippen LogP contribution in [0.1, 0.15) is 73.0 Å². The normalized spacial score (nSPS) is 19.7. The number of hydrogen-bond acceptors (Lipinski definition) is 5. The average Bonchev–Trinajstić information content (AvgIpc) is 3.54. The lowest BCUT2D eigenvalue weighted by Crippen LogP contribution is -2.58. The zero-order valence-corrected chi connectivity index (χ0v) is 26.7. The van der Waals surface area contributed by atoms with Crippen LogP contribution in [-0.4, -0.2) is 66.3 Å². The minimum absolute atomic E-state index is 0.0303. The van der Waals surface area contributed by atoms with Crippen molar-refractivity contribution < 1.29 is 19.2 Å². The molecule has 1 saturated heterocycles. The molecule has 5 rings (SSSR count). The summed E-state index contributed by atoms with van der Waals surface area (Å²) in [6, 6.07) is 25.4. The van der Waals surface area contributed by atoms with Crippen molar-refractivity contribution in [2.45, 2.75) is 75.7 Å². The smallest absolute Gasteiger partial charge is 0.251 e. The van der Waals surface area contributed by atoms with Gasteiger partial charge in [0.2, 0.25) is 17.7 Å². The van der Waals surface area contributed by atoms with E-state index in [0.29, 0.717) is 5.56 Å². The van der Waals surface area contributed by atoms with Crippen LogP contribution < -0.4 is 21.3 Å². The molecule has 1 aliphatic carbocycles. The van der Waals surface area contributed by atoms with E-state index < -0.39 is 30.2 Å². The minimum atomic E-state index is -0.840. The third-order valence-electron chi connectivity index (χ3n) is 9.32. The maximum atomic E-state index is 14.5. The first-order valence-corrected chi connectivity index (χ1v) is 16.4. The summed E-state index contributed by atoms with van der Waals surface area (Å²) in [4.78, 5) is 56.7. The second kappa shape index (κ2) is 15.7. The SMILES string of the molecule is CN[C@@H](C)C(=O)N[C@H](C(=O)N1C[C@@H](NC(=O)c2ccccc2)C[C@H]1C(=O)NC(c1ccccc1)c1ccccc1)C1CCCCC1. The quantitative estimate of drug-likeness (QED) is 0.258. The van der Waals surface area contributed by atoms with E-state index in [2.05, 4.69) is 21.3 Å². The van der Waals surface area contributed by atoms with Gasteiger partial charge in [0.25, 0.3) is 5.91 Å². The average molecular weight is 624 g/mol. The van der Waals surface area contributed by atoms with Crippen molar-refractivity contribution in [3.63, 3.8) is 0 Å². The van der Waals surface area contributed by atoms with Crippen molar-refractivity contribution >= 4 is 23.6 Å². The number of benzene rings is 3. The first kappa shape index (κ1) is 32.9. The molecule has 1 aliphatic heterocycles. The molecule has 1 heterocycles. The highest BCUT2D eigenvalue weighted by Crippen LogP contribution is 2.30. The molecular formula is C37H45N5O4. The van der Waals surface area contributed by atoms with Crippen molar-refractivity contribution in [3.8, 4) is 0 Å². The number of nitrogens with one attached hydrogen (secondary N) is 4. The molecular weight excluding hydrogens is 578 g/mol. The van der Waals surface area contributed by atoms with Gasteiger partial charge in [-0.3, -0.25) is 19.2 Å². The number of likely N-dealkylation sites (tertiary alicyclic amines) is 1. The van der Waals surface area contributed by atoms with E-state index in [1.54, 1.807) is 43.1 Å². The highest BCUT2D eigenvalue weighted by atomic mass is 16.2. The van der Waals surface area contributed by atoms with Crippen LogP contribution >= 0.6 is 0 Å². The van der Waals surface area contributed by atoms with Crippen LogP contribution in [0.15, 0.2) is 91.0 Å². The maximum Gasteiger partial charge on any atom is 0.251 e. The predicted molar refractivity (Wildman–Crippen MR) is 178 cm³/mol.